The Bertz CT molecular complexity index is 524. The summed E-state index contributed by atoms with van der Waals surface area (Å²) in [5, 5.41) is 14.1. The van der Waals surface area contributed by atoms with Crippen LogP contribution in [0.3, 0.4) is 0 Å². The fraction of sp³-hybridized carbons (Fsp3) is 0.357. The van der Waals surface area contributed by atoms with Crippen LogP contribution in [0, 0.1) is 6.92 Å². The first kappa shape index (κ1) is 14.2. The summed E-state index contributed by atoms with van der Waals surface area (Å²) in [5.74, 6) is 0.803. The molecule has 1 N–H and O–H groups in total. The Morgan fingerprint density at radius 1 is 1.37 bits per heavy atom. The first-order valence-corrected chi connectivity index (χ1v) is 6.88. The molecule has 1 aromatic heterocycles. The Hall–Kier alpha value is -1.17. The number of halogens is 1. The molecule has 1 unspecified atom stereocenters. The van der Waals surface area contributed by atoms with Crippen LogP contribution in [0.5, 0.6) is 0 Å². The maximum atomic E-state index is 10.2. The zero-order valence-electron chi connectivity index (χ0n) is 11.0. The minimum absolute atomic E-state index is 0.508. The highest BCUT2D eigenvalue weighted by molar-refractivity contribution is 9.10. The molecule has 0 aliphatic heterocycles. The highest BCUT2D eigenvalue weighted by Gasteiger charge is 2.12. The van der Waals surface area contributed by atoms with E-state index in [4.69, 9.17) is 4.52 Å². The lowest BCUT2D eigenvalue weighted by atomic mass is 10.1. The first-order chi connectivity index (χ1) is 9.04. The van der Waals surface area contributed by atoms with Crippen molar-refractivity contribution in [3.05, 3.63) is 51.8 Å². The Morgan fingerprint density at radius 2 is 2.05 bits per heavy atom. The molecule has 0 saturated heterocycles. The van der Waals surface area contributed by atoms with Gasteiger partial charge in [-0.2, -0.15) is 0 Å². The van der Waals surface area contributed by atoms with Crippen LogP contribution in [0.1, 0.15) is 23.1 Å². The lowest BCUT2D eigenvalue weighted by Gasteiger charge is -2.19. The molecular weight excluding hydrogens is 308 g/mol. The predicted octanol–water partition coefficient (Wildman–Crippen LogP) is 2.91. The van der Waals surface area contributed by atoms with E-state index in [1.165, 1.54) is 0 Å². The van der Waals surface area contributed by atoms with Gasteiger partial charge in [-0.1, -0.05) is 33.2 Å². The summed E-state index contributed by atoms with van der Waals surface area (Å²) >= 11 is 3.38. The fourth-order valence-corrected chi connectivity index (χ4v) is 2.18. The van der Waals surface area contributed by atoms with Crippen LogP contribution in [-0.2, 0) is 6.54 Å². The zero-order valence-corrected chi connectivity index (χ0v) is 12.6. The van der Waals surface area contributed by atoms with E-state index in [2.05, 4.69) is 21.1 Å². The highest BCUT2D eigenvalue weighted by atomic mass is 79.9. The topological polar surface area (TPSA) is 49.5 Å². The Balaban J connectivity index is 1.91. The summed E-state index contributed by atoms with van der Waals surface area (Å²) in [6, 6.07) is 9.60. The monoisotopic (exact) mass is 324 g/mol. The van der Waals surface area contributed by atoms with Crippen LogP contribution >= 0.6 is 15.9 Å². The second-order valence-corrected chi connectivity index (χ2v) is 5.61. The molecule has 0 radical (unpaired) electrons. The standard InChI is InChI=1S/C14H17BrN2O2/c1-10-7-13(16-19-10)8-17(2)9-14(18)11-3-5-12(15)6-4-11/h3-7,14,18H,8-9H2,1-2H3. The van der Waals surface area contributed by atoms with E-state index in [-0.39, 0.29) is 0 Å². The molecule has 19 heavy (non-hydrogen) atoms. The van der Waals surface area contributed by atoms with Crippen LogP contribution in [0.15, 0.2) is 39.3 Å². The number of hydrogen-bond donors (Lipinski definition) is 1. The maximum absolute atomic E-state index is 10.2. The van der Waals surface area contributed by atoms with Gasteiger partial charge in [0.2, 0.25) is 0 Å². The molecule has 102 valence electrons. The third-order valence-corrected chi connectivity index (χ3v) is 3.38. The van der Waals surface area contributed by atoms with Gasteiger partial charge < -0.3 is 9.63 Å². The van der Waals surface area contributed by atoms with Crippen LogP contribution in [0.25, 0.3) is 0 Å². The average Bonchev–Trinajstić information content (AvgIpc) is 2.75. The van der Waals surface area contributed by atoms with Gasteiger partial charge in [-0.15, -0.1) is 0 Å². The van der Waals surface area contributed by atoms with Crippen LogP contribution in [-0.4, -0.2) is 28.8 Å². The molecule has 0 spiro atoms. The Labute approximate surface area is 121 Å². The number of benzene rings is 1. The second-order valence-electron chi connectivity index (χ2n) is 4.69. The number of hydrogen-bond acceptors (Lipinski definition) is 4. The first-order valence-electron chi connectivity index (χ1n) is 6.09. The Morgan fingerprint density at radius 3 is 2.63 bits per heavy atom. The minimum atomic E-state index is -0.508. The summed E-state index contributed by atoms with van der Waals surface area (Å²) in [6.07, 6.45) is -0.508. The lowest BCUT2D eigenvalue weighted by molar-refractivity contribution is 0.122. The molecule has 0 bridgehead atoms. The van der Waals surface area contributed by atoms with Gasteiger partial charge in [0.1, 0.15) is 5.76 Å². The van der Waals surface area contributed by atoms with Crippen molar-refractivity contribution >= 4 is 15.9 Å². The van der Waals surface area contributed by atoms with Gasteiger partial charge in [0.05, 0.1) is 11.8 Å². The van der Waals surface area contributed by atoms with Crippen molar-refractivity contribution in [2.45, 2.75) is 19.6 Å². The van der Waals surface area contributed by atoms with E-state index in [9.17, 15) is 5.11 Å². The molecule has 1 heterocycles. The van der Waals surface area contributed by atoms with Crippen molar-refractivity contribution in [1.29, 1.82) is 0 Å². The van der Waals surface area contributed by atoms with Gasteiger partial charge in [-0.3, -0.25) is 4.90 Å². The van der Waals surface area contributed by atoms with Gasteiger partial charge in [0.25, 0.3) is 0 Å². The van der Waals surface area contributed by atoms with Crippen LogP contribution in [0.2, 0.25) is 0 Å². The van der Waals surface area contributed by atoms with Crippen molar-refractivity contribution in [2.75, 3.05) is 13.6 Å². The molecule has 0 aliphatic rings. The number of aliphatic hydroxyl groups excluding tert-OH is 1. The van der Waals surface area contributed by atoms with E-state index < -0.39 is 6.10 Å². The molecule has 4 nitrogen and oxygen atoms in total. The normalized spacial score (nSPS) is 12.9. The van der Waals surface area contributed by atoms with Gasteiger partial charge in [-0.25, -0.2) is 0 Å². The van der Waals surface area contributed by atoms with E-state index >= 15 is 0 Å². The summed E-state index contributed by atoms with van der Waals surface area (Å²) in [4.78, 5) is 2.02. The van der Waals surface area contributed by atoms with Gasteiger partial charge in [-0.05, 0) is 31.7 Å². The number of rotatable bonds is 5. The van der Waals surface area contributed by atoms with E-state index in [0.717, 1.165) is 21.5 Å². The van der Waals surface area contributed by atoms with E-state index in [1.807, 2.05) is 49.2 Å². The minimum Gasteiger partial charge on any atom is -0.387 e. The lowest BCUT2D eigenvalue weighted by Crippen LogP contribution is -2.24. The zero-order chi connectivity index (χ0) is 13.8. The van der Waals surface area contributed by atoms with Crippen LogP contribution < -0.4 is 0 Å². The van der Waals surface area contributed by atoms with E-state index in [1.54, 1.807) is 0 Å². The highest BCUT2D eigenvalue weighted by Crippen LogP contribution is 2.18. The summed E-state index contributed by atoms with van der Waals surface area (Å²) < 4.78 is 6.03. The van der Waals surface area contributed by atoms with Gasteiger partial charge in [0, 0.05) is 23.6 Å². The molecule has 1 aromatic carbocycles. The number of aliphatic hydroxyl groups is 1. The van der Waals surface area contributed by atoms with Crippen molar-refractivity contribution in [3.63, 3.8) is 0 Å². The molecule has 0 saturated carbocycles. The van der Waals surface area contributed by atoms with Gasteiger partial charge in [0.15, 0.2) is 0 Å². The SMILES string of the molecule is Cc1cc(CN(C)CC(O)c2ccc(Br)cc2)no1. The maximum Gasteiger partial charge on any atom is 0.133 e. The smallest absolute Gasteiger partial charge is 0.133 e. The van der Waals surface area contributed by atoms with Gasteiger partial charge >= 0.3 is 0 Å². The quantitative estimate of drug-likeness (QED) is 0.918. The Kier molecular flexibility index (Phi) is 4.74. The molecule has 1 atom stereocenters. The molecule has 2 aromatic rings. The number of aromatic nitrogens is 1. The molecule has 0 fully saturated rings. The van der Waals surface area contributed by atoms with Crippen molar-refractivity contribution < 1.29 is 9.63 Å². The summed E-state index contributed by atoms with van der Waals surface area (Å²) in [6.45, 7) is 3.08. The number of nitrogens with zero attached hydrogens (tertiary/aromatic N) is 2. The number of aryl methyl sites for hydroxylation is 1. The average molecular weight is 325 g/mol. The second kappa shape index (κ2) is 6.32. The predicted molar refractivity (Wildman–Crippen MR) is 76.7 cm³/mol. The number of likely N-dealkylation sites (N-methyl/N-ethyl adjacent to an activating group) is 1. The fourth-order valence-electron chi connectivity index (χ4n) is 1.92. The third kappa shape index (κ3) is 4.16. The molecule has 2 rings (SSSR count). The van der Waals surface area contributed by atoms with Crippen molar-refractivity contribution in [2.24, 2.45) is 0 Å². The third-order valence-electron chi connectivity index (χ3n) is 2.85. The molecule has 5 heteroatoms. The van der Waals surface area contributed by atoms with Crippen molar-refractivity contribution in [3.8, 4) is 0 Å². The van der Waals surface area contributed by atoms with E-state index in [0.29, 0.717) is 13.1 Å². The summed E-state index contributed by atoms with van der Waals surface area (Å²) in [7, 11) is 1.95. The summed E-state index contributed by atoms with van der Waals surface area (Å²) in [5.41, 5.74) is 1.79. The van der Waals surface area contributed by atoms with Crippen molar-refractivity contribution in [1.82, 2.24) is 10.1 Å². The van der Waals surface area contributed by atoms with Crippen LogP contribution in [0.4, 0.5) is 0 Å². The molecule has 0 amide bonds. The largest absolute Gasteiger partial charge is 0.387 e. The molecule has 0 aliphatic carbocycles. The molecular formula is C14H17BrN2O2.